The molecule has 0 aromatic heterocycles. The fourth-order valence-corrected chi connectivity index (χ4v) is 3.65. The monoisotopic (exact) mass is 397 g/mol. The summed E-state index contributed by atoms with van der Waals surface area (Å²) in [5.41, 5.74) is 7.00. The van der Waals surface area contributed by atoms with Gasteiger partial charge in [0.1, 0.15) is 0 Å². The first-order valence-electron chi connectivity index (χ1n) is 9.77. The van der Waals surface area contributed by atoms with E-state index in [-0.39, 0.29) is 30.3 Å². The average molecular weight is 397 g/mol. The Morgan fingerprint density at radius 3 is 2.48 bits per heavy atom. The Bertz CT molecular complexity index is 855. The first-order valence-corrected chi connectivity index (χ1v) is 9.77. The van der Waals surface area contributed by atoms with Crippen molar-refractivity contribution in [1.82, 2.24) is 0 Å². The SMILES string of the molecule is COc1ccccc1OCC(=O)Nc1cccc(NC(=O)[C@@H]2CCC[C@@H]2CN)c1. The fourth-order valence-electron chi connectivity index (χ4n) is 3.65. The van der Waals surface area contributed by atoms with E-state index >= 15 is 0 Å². The topological polar surface area (TPSA) is 103 Å². The van der Waals surface area contributed by atoms with Gasteiger partial charge in [0.05, 0.1) is 7.11 Å². The zero-order valence-electron chi connectivity index (χ0n) is 16.5. The van der Waals surface area contributed by atoms with Crippen LogP contribution in [0.4, 0.5) is 11.4 Å². The van der Waals surface area contributed by atoms with Crippen molar-refractivity contribution in [2.24, 2.45) is 17.6 Å². The summed E-state index contributed by atoms with van der Waals surface area (Å²) in [5.74, 6) is 0.932. The zero-order valence-corrected chi connectivity index (χ0v) is 16.5. The highest BCUT2D eigenvalue weighted by Gasteiger charge is 2.31. The largest absolute Gasteiger partial charge is 0.493 e. The van der Waals surface area contributed by atoms with Gasteiger partial charge in [-0.3, -0.25) is 9.59 Å². The summed E-state index contributed by atoms with van der Waals surface area (Å²) >= 11 is 0. The van der Waals surface area contributed by atoms with Gasteiger partial charge in [0, 0.05) is 17.3 Å². The summed E-state index contributed by atoms with van der Waals surface area (Å²) in [6.45, 7) is 0.373. The predicted molar refractivity (Wildman–Crippen MR) is 112 cm³/mol. The molecule has 0 radical (unpaired) electrons. The van der Waals surface area contributed by atoms with Crippen LogP contribution < -0.4 is 25.8 Å². The average Bonchev–Trinajstić information content (AvgIpc) is 3.22. The second-order valence-corrected chi connectivity index (χ2v) is 7.09. The Kier molecular flexibility index (Phi) is 7.08. The molecule has 2 aromatic rings. The lowest BCUT2D eigenvalue weighted by Crippen LogP contribution is -2.29. The van der Waals surface area contributed by atoms with Crippen LogP contribution in [0, 0.1) is 11.8 Å². The van der Waals surface area contributed by atoms with Gasteiger partial charge in [-0.2, -0.15) is 0 Å². The zero-order chi connectivity index (χ0) is 20.6. The van der Waals surface area contributed by atoms with Crippen molar-refractivity contribution in [3.05, 3.63) is 48.5 Å². The first kappa shape index (κ1) is 20.7. The minimum absolute atomic E-state index is 0.0130. The summed E-state index contributed by atoms with van der Waals surface area (Å²) in [4.78, 5) is 24.8. The van der Waals surface area contributed by atoms with Gasteiger partial charge in [-0.15, -0.1) is 0 Å². The summed E-state index contributed by atoms with van der Waals surface area (Å²) in [6, 6.07) is 14.2. The van der Waals surface area contributed by atoms with E-state index in [0.29, 0.717) is 29.4 Å². The number of ether oxygens (including phenoxy) is 2. The lowest BCUT2D eigenvalue weighted by Gasteiger charge is -2.17. The molecule has 0 spiro atoms. The van der Waals surface area contributed by atoms with Crippen molar-refractivity contribution in [1.29, 1.82) is 0 Å². The summed E-state index contributed by atoms with van der Waals surface area (Å²) in [6.07, 6.45) is 2.89. The number of nitrogens with two attached hydrogens (primary N) is 1. The maximum absolute atomic E-state index is 12.6. The number of carbonyl (C=O) groups excluding carboxylic acids is 2. The molecule has 4 N–H and O–H groups in total. The van der Waals surface area contributed by atoms with E-state index in [1.807, 2.05) is 12.1 Å². The van der Waals surface area contributed by atoms with Gasteiger partial charge in [-0.05, 0) is 55.6 Å². The highest BCUT2D eigenvalue weighted by Crippen LogP contribution is 2.32. The van der Waals surface area contributed by atoms with E-state index in [9.17, 15) is 9.59 Å². The lowest BCUT2D eigenvalue weighted by molar-refractivity contribution is -0.120. The number of carbonyl (C=O) groups is 2. The molecule has 2 amide bonds. The molecule has 7 nitrogen and oxygen atoms in total. The van der Waals surface area contributed by atoms with Crippen molar-refractivity contribution < 1.29 is 19.1 Å². The smallest absolute Gasteiger partial charge is 0.262 e. The number of methoxy groups -OCH3 is 1. The lowest BCUT2D eigenvalue weighted by atomic mass is 9.95. The normalized spacial score (nSPS) is 18.1. The van der Waals surface area contributed by atoms with Crippen LogP contribution in [0.5, 0.6) is 11.5 Å². The van der Waals surface area contributed by atoms with Gasteiger partial charge in [0.15, 0.2) is 18.1 Å². The highest BCUT2D eigenvalue weighted by molar-refractivity contribution is 5.95. The van der Waals surface area contributed by atoms with Gasteiger partial charge in [-0.1, -0.05) is 24.6 Å². The number of amides is 2. The highest BCUT2D eigenvalue weighted by atomic mass is 16.5. The molecule has 2 aromatic carbocycles. The molecule has 0 aliphatic heterocycles. The minimum atomic E-state index is -0.307. The Hall–Kier alpha value is -3.06. The van der Waals surface area contributed by atoms with Crippen LogP contribution in [-0.4, -0.2) is 32.1 Å². The number of hydrogen-bond donors (Lipinski definition) is 3. The van der Waals surface area contributed by atoms with Crippen LogP contribution in [0.2, 0.25) is 0 Å². The van der Waals surface area contributed by atoms with Crippen LogP contribution >= 0.6 is 0 Å². The van der Waals surface area contributed by atoms with Crippen LogP contribution in [0.1, 0.15) is 19.3 Å². The summed E-state index contributed by atoms with van der Waals surface area (Å²) in [7, 11) is 1.55. The third-order valence-electron chi connectivity index (χ3n) is 5.14. The van der Waals surface area contributed by atoms with Gasteiger partial charge >= 0.3 is 0 Å². The number of rotatable bonds is 8. The van der Waals surface area contributed by atoms with Crippen LogP contribution in [0.15, 0.2) is 48.5 Å². The molecule has 0 unspecified atom stereocenters. The van der Waals surface area contributed by atoms with E-state index in [0.717, 1.165) is 19.3 Å². The quantitative estimate of drug-likeness (QED) is 0.635. The molecule has 2 atom stereocenters. The molecular formula is C22H27N3O4. The van der Waals surface area contributed by atoms with Gasteiger partial charge < -0.3 is 25.8 Å². The van der Waals surface area contributed by atoms with Crippen molar-refractivity contribution >= 4 is 23.2 Å². The molecule has 0 heterocycles. The molecule has 1 aliphatic rings. The van der Waals surface area contributed by atoms with E-state index in [1.165, 1.54) is 0 Å². The summed E-state index contributed by atoms with van der Waals surface area (Å²) < 4.78 is 10.7. The number of hydrogen-bond acceptors (Lipinski definition) is 5. The van der Waals surface area contributed by atoms with Gasteiger partial charge in [0.25, 0.3) is 5.91 Å². The second kappa shape index (κ2) is 9.93. The Balaban J connectivity index is 1.55. The van der Waals surface area contributed by atoms with Gasteiger partial charge in [-0.25, -0.2) is 0 Å². The molecule has 3 rings (SSSR count). The maximum Gasteiger partial charge on any atom is 0.262 e. The minimum Gasteiger partial charge on any atom is -0.493 e. The standard InChI is InChI=1S/C22H27N3O4/c1-28-19-10-2-3-11-20(19)29-14-21(26)24-16-7-5-8-17(12-16)25-22(27)18-9-4-6-15(18)13-23/h2-3,5,7-8,10-12,15,18H,4,6,9,13-14,23H2,1H3,(H,24,26)(H,25,27)/t15-,18-/m1/s1. The molecule has 1 aliphatic carbocycles. The molecular weight excluding hydrogens is 370 g/mol. The van der Waals surface area contributed by atoms with E-state index in [1.54, 1.807) is 43.5 Å². The Labute approximate surface area is 170 Å². The third-order valence-corrected chi connectivity index (χ3v) is 5.14. The molecule has 7 heteroatoms. The number of anilines is 2. The van der Waals surface area contributed by atoms with E-state index in [4.69, 9.17) is 15.2 Å². The predicted octanol–water partition coefficient (Wildman–Crippen LogP) is 3.03. The van der Waals surface area contributed by atoms with E-state index < -0.39 is 0 Å². The Morgan fingerprint density at radius 2 is 1.76 bits per heavy atom. The van der Waals surface area contributed by atoms with Crippen molar-refractivity contribution in [3.63, 3.8) is 0 Å². The molecule has 154 valence electrons. The maximum atomic E-state index is 12.6. The first-order chi connectivity index (χ1) is 14.1. The Morgan fingerprint density at radius 1 is 1.03 bits per heavy atom. The number of nitrogens with one attached hydrogen (secondary N) is 2. The number of benzene rings is 2. The second-order valence-electron chi connectivity index (χ2n) is 7.09. The third kappa shape index (κ3) is 5.48. The molecule has 0 bridgehead atoms. The van der Waals surface area contributed by atoms with Crippen LogP contribution in [0.25, 0.3) is 0 Å². The van der Waals surface area contributed by atoms with Crippen molar-refractivity contribution in [2.75, 3.05) is 30.9 Å². The van der Waals surface area contributed by atoms with Crippen LogP contribution in [0.3, 0.4) is 0 Å². The molecule has 1 fully saturated rings. The number of para-hydroxylation sites is 2. The van der Waals surface area contributed by atoms with Gasteiger partial charge in [0.2, 0.25) is 5.91 Å². The van der Waals surface area contributed by atoms with E-state index in [2.05, 4.69) is 10.6 Å². The molecule has 1 saturated carbocycles. The molecule has 29 heavy (non-hydrogen) atoms. The van der Waals surface area contributed by atoms with Crippen molar-refractivity contribution in [3.8, 4) is 11.5 Å². The van der Waals surface area contributed by atoms with Crippen LogP contribution in [-0.2, 0) is 9.59 Å². The van der Waals surface area contributed by atoms with Crippen molar-refractivity contribution in [2.45, 2.75) is 19.3 Å². The summed E-state index contributed by atoms with van der Waals surface area (Å²) in [5, 5.41) is 5.72. The molecule has 0 saturated heterocycles. The fraction of sp³-hybridized carbons (Fsp3) is 0.364.